The topological polar surface area (TPSA) is 29.1 Å². The first-order valence-electron chi connectivity index (χ1n) is 5.33. The van der Waals surface area contributed by atoms with E-state index in [1.807, 2.05) is 12.3 Å². The maximum atomic E-state index is 12.1. The van der Waals surface area contributed by atoms with Gasteiger partial charge in [0.05, 0.1) is 5.56 Å². The van der Waals surface area contributed by atoms with Crippen molar-refractivity contribution in [2.75, 3.05) is 12.0 Å². The van der Waals surface area contributed by atoms with Gasteiger partial charge in [-0.05, 0) is 53.5 Å². The molecule has 0 radical (unpaired) electrons. The summed E-state index contributed by atoms with van der Waals surface area (Å²) in [5, 5.41) is 3.62. The number of rotatable bonds is 5. The molecule has 5 heteroatoms. The zero-order valence-electron chi connectivity index (χ0n) is 9.80. The van der Waals surface area contributed by atoms with E-state index in [0.717, 1.165) is 15.7 Å². The van der Waals surface area contributed by atoms with Crippen molar-refractivity contribution in [2.45, 2.75) is 19.4 Å². The lowest BCUT2D eigenvalue weighted by molar-refractivity contribution is 0.0939. The lowest BCUT2D eigenvalue weighted by atomic mass is 10.2. The number of hydrogen-bond donors (Lipinski definition) is 1. The molecule has 2 nitrogen and oxygen atoms in total. The largest absolute Gasteiger partial charge is 0.348 e. The van der Waals surface area contributed by atoms with Crippen LogP contribution in [0.3, 0.4) is 0 Å². The van der Waals surface area contributed by atoms with Crippen LogP contribution in [0.1, 0.15) is 23.7 Å². The Morgan fingerprint density at radius 3 is 2.88 bits per heavy atom. The van der Waals surface area contributed by atoms with Crippen LogP contribution in [0.5, 0.6) is 0 Å². The average molecular weight is 384 g/mol. The van der Waals surface area contributed by atoms with Gasteiger partial charge in [-0.2, -0.15) is 11.8 Å². The molecule has 0 aliphatic rings. The molecular formula is C12H15ClINOS. The van der Waals surface area contributed by atoms with Crippen LogP contribution in [-0.2, 0) is 0 Å². The summed E-state index contributed by atoms with van der Waals surface area (Å²) in [6.07, 6.45) is 2.97. The van der Waals surface area contributed by atoms with Gasteiger partial charge in [0.2, 0.25) is 0 Å². The second-order valence-corrected chi connectivity index (χ2v) is 6.17. The molecular weight excluding hydrogens is 369 g/mol. The van der Waals surface area contributed by atoms with E-state index in [1.165, 1.54) is 0 Å². The highest BCUT2D eigenvalue weighted by Crippen LogP contribution is 2.18. The monoisotopic (exact) mass is 383 g/mol. The number of hydrogen-bond acceptors (Lipinski definition) is 2. The summed E-state index contributed by atoms with van der Waals surface area (Å²) in [7, 11) is 0. The summed E-state index contributed by atoms with van der Waals surface area (Å²) >= 11 is 9.79. The van der Waals surface area contributed by atoms with Crippen molar-refractivity contribution in [3.63, 3.8) is 0 Å². The van der Waals surface area contributed by atoms with Gasteiger partial charge in [-0.15, -0.1) is 0 Å². The van der Waals surface area contributed by atoms with Crippen molar-refractivity contribution in [1.29, 1.82) is 0 Å². The maximum Gasteiger partial charge on any atom is 0.252 e. The van der Waals surface area contributed by atoms with Gasteiger partial charge < -0.3 is 5.32 Å². The van der Waals surface area contributed by atoms with Gasteiger partial charge in [-0.25, -0.2) is 0 Å². The third-order valence-corrected chi connectivity index (χ3v) is 4.28. The minimum absolute atomic E-state index is 0.0437. The first-order valence-corrected chi connectivity index (χ1v) is 8.18. The van der Waals surface area contributed by atoms with Crippen LogP contribution in [0.2, 0.25) is 5.02 Å². The van der Waals surface area contributed by atoms with Gasteiger partial charge in [0.15, 0.2) is 0 Å². The molecule has 1 aromatic carbocycles. The molecule has 1 amide bonds. The summed E-state index contributed by atoms with van der Waals surface area (Å²) in [4.78, 5) is 12.1. The maximum absolute atomic E-state index is 12.1. The fourth-order valence-corrected chi connectivity index (χ4v) is 2.87. The van der Waals surface area contributed by atoms with Crippen LogP contribution in [0.15, 0.2) is 18.2 Å². The molecule has 0 heterocycles. The summed E-state index contributed by atoms with van der Waals surface area (Å²) in [6, 6.07) is 5.57. The van der Waals surface area contributed by atoms with Crippen LogP contribution in [0.4, 0.5) is 0 Å². The molecule has 1 N–H and O–H groups in total. The number of thioether (sulfide) groups is 1. The molecule has 0 spiro atoms. The van der Waals surface area contributed by atoms with E-state index in [-0.39, 0.29) is 11.9 Å². The average Bonchev–Trinajstić information content (AvgIpc) is 2.31. The van der Waals surface area contributed by atoms with Gasteiger partial charge >= 0.3 is 0 Å². The first-order chi connectivity index (χ1) is 8.08. The quantitative estimate of drug-likeness (QED) is 0.783. The van der Waals surface area contributed by atoms with Gasteiger partial charge in [0, 0.05) is 20.4 Å². The number of benzene rings is 1. The van der Waals surface area contributed by atoms with Crippen LogP contribution in [0, 0.1) is 3.57 Å². The molecule has 1 rings (SSSR count). The van der Waals surface area contributed by atoms with Crippen LogP contribution < -0.4 is 5.32 Å². The molecule has 0 saturated carbocycles. The van der Waals surface area contributed by atoms with Crippen LogP contribution in [-0.4, -0.2) is 24.0 Å². The second-order valence-electron chi connectivity index (χ2n) is 3.66. The summed E-state index contributed by atoms with van der Waals surface area (Å²) in [5.41, 5.74) is 0.651. The Balaban J connectivity index is 2.78. The van der Waals surface area contributed by atoms with Crippen molar-refractivity contribution in [2.24, 2.45) is 0 Å². The number of amides is 1. The number of carbonyl (C=O) groups is 1. The molecule has 1 aromatic rings. The van der Waals surface area contributed by atoms with E-state index in [2.05, 4.69) is 34.8 Å². The molecule has 1 atom stereocenters. The molecule has 0 bridgehead atoms. The third-order valence-electron chi connectivity index (χ3n) is 2.37. The predicted molar refractivity (Wildman–Crippen MR) is 84.1 cm³/mol. The highest BCUT2D eigenvalue weighted by atomic mass is 127. The first kappa shape index (κ1) is 15.1. The molecule has 0 aromatic heterocycles. The number of nitrogens with one attached hydrogen (secondary N) is 1. The Bertz CT molecular complexity index is 400. The van der Waals surface area contributed by atoms with Crippen molar-refractivity contribution in [3.8, 4) is 0 Å². The number of halogens is 2. The zero-order chi connectivity index (χ0) is 12.8. The van der Waals surface area contributed by atoms with E-state index in [9.17, 15) is 4.79 Å². The fraction of sp³-hybridized carbons (Fsp3) is 0.417. The van der Waals surface area contributed by atoms with Crippen molar-refractivity contribution >= 4 is 51.9 Å². The molecule has 0 saturated heterocycles. The van der Waals surface area contributed by atoms with Crippen molar-refractivity contribution < 1.29 is 4.79 Å². The molecule has 17 heavy (non-hydrogen) atoms. The Morgan fingerprint density at radius 2 is 2.29 bits per heavy atom. The van der Waals surface area contributed by atoms with E-state index in [1.54, 1.807) is 23.9 Å². The van der Waals surface area contributed by atoms with Crippen LogP contribution >= 0.6 is 46.0 Å². The van der Waals surface area contributed by atoms with E-state index in [4.69, 9.17) is 11.6 Å². The minimum atomic E-state index is -0.0437. The Labute approximate surface area is 125 Å². The number of carbonyl (C=O) groups excluding carboxylic acids is 1. The van der Waals surface area contributed by atoms with Gasteiger partial charge in [0.25, 0.3) is 5.91 Å². The summed E-state index contributed by atoms with van der Waals surface area (Å²) in [5.74, 6) is 0.886. The van der Waals surface area contributed by atoms with Crippen LogP contribution in [0.25, 0.3) is 0 Å². The van der Waals surface area contributed by atoms with E-state index >= 15 is 0 Å². The van der Waals surface area contributed by atoms with Gasteiger partial charge in [-0.1, -0.05) is 18.5 Å². The standard InChI is InChI=1S/C12H15ClINOS/c1-3-9(7-17-2)15-12(16)10-6-8(13)4-5-11(10)14/h4-6,9H,3,7H2,1-2H3,(H,15,16). The Morgan fingerprint density at radius 1 is 1.59 bits per heavy atom. The normalized spacial score (nSPS) is 12.2. The van der Waals surface area contributed by atoms with Gasteiger partial charge in [-0.3, -0.25) is 4.79 Å². The molecule has 0 aliphatic heterocycles. The van der Waals surface area contributed by atoms with E-state index in [0.29, 0.717) is 10.6 Å². The zero-order valence-corrected chi connectivity index (χ0v) is 13.5. The van der Waals surface area contributed by atoms with E-state index < -0.39 is 0 Å². The molecule has 1 unspecified atom stereocenters. The SMILES string of the molecule is CCC(CSC)NC(=O)c1cc(Cl)ccc1I. The second kappa shape index (κ2) is 7.48. The molecule has 94 valence electrons. The third kappa shape index (κ3) is 4.67. The molecule has 0 fully saturated rings. The Kier molecular flexibility index (Phi) is 6.66. The fourth-order valence-electron chi connectivity index (χ4n) is 1.40. The summed E-state index contributed by atoms with van der Waals surface area (Å²) < 4.78 is 0.920. The molecule has 0 aliphatic carbocycles. The predicted octanol–water partition coefficient (Wildman–Crippen LogP) is 3.82. The highest BCUT2D eigenvalue weighted by Gasteiger charge is 2.14. The lowest BCUT2D eigenvalue weighted by Crippen LogP contribution is -2.36. The van der Waals surface area contributed by atoms with Crippen molar-refractivity contribution in [1.82, 2.24) is 5.32 Å². The Hall–Kier alpha value is 0.0600. The minimum Gasteiger partial charge on any atom is -0.348 e. The lowest BCUT2D eigenvalue weighted by Gasteiger charge is -2.16. The smallest absolute Gasteiger partial charge is 0.252 e. The summed E-state index contributed by atoms with van der Waals surface area (Å²) in [6.45, 7) is 2.07. The highest BCUT2D eigenvalue weighted by molar-refractivity contribution is 14.1. The van der Waals surface area contributed by atoms with Gasteiger partial charge in [0.1, 0.15) is 0 Å². The van der Waals surface area contributed by atoms with Crippen molar-refractivity contribution in [3.05, 3.63) is 32.4 Å².